The Labute approximate surface area is 170 Å². The van der Waals surface area contributed by atoms with Gasteiger partial charge < -0.3 is 11.3 Å². The molecule has 0 aliphatic carbocycles. The second-order valence-electron chi connectivity index (χ2n) is 5.95. The van der Waals surface area contributed by atoms with Crippen LogP contribution in [0.3, 0.4) is 0 Å². The Morgan fingerprint density at radius 2 is 1.86 bits per heavy atom. The zero-order valence-corrected chi connectivity index (χ0v) is 15.9. The average molecular weight is 340 g/mol. The topological polar surface area (TPSA) is 46.5 Å². The van der Waals surface area contributed by atoms with Crippen molar-refractivity contribution in [1.82, 2.24) is 0 Å². The molecule has 1 N–H and O–H groups in total. The number of halogens is 3. The van der Waals surface area contributed by atoms with Gasteiger partial charge in [-0.15, -0.1) is 0 Å². The summed E-state index contributed by atoms with van der Waals surface area (Å²) in [5.41, 5.74) is 0.227. The number of ether oxygens (including phenoxy) is 1. The van der Waals surface area contributed by atoms with Gasteiger partial charge in [0, 0.05) is 5.56 Å². The van der Waals surface area contributed by atoms with E-state index >= 15 is 0 Å². The minimum Gasteiger partial charge on any atom is -1.00 e. The van der Waals surface area contributed by atoms with Crippen LogP contribution in [0.1, 0.15) is 33.3 Å². The average Bonchev–Trinajstić information content (AvgIpc) is 2.34. The van der Waals surface area contributed by atoms with Crippen molar-refractivity contribution in [3.63, 3.8) is 0 Å². The van der Waals surface area contributed by atoms with Crippen LogP contribution in [0.2, 0.25) is 0 Å². The molecule has 1 aromatic carbocycles. The predicted octanol–water partition coefficient (Wildman–Crippen LogP) is 0.892. The zero-order chi connectivity index (χ0) is 16.0. The SMILES string of the molecule is CC(C)(C)c1ccc2c(c1)C=C(C(=O)O)[C@@H](C(F)(F)F)O2.[H-].[K+]. The molecule has 116 valence electrons. The molecule has 22 heavy (non-hydrogen) atoms. The normalized spacial score (nSPS) is 17.7. The Bertz CT molecular complexity index is 621. The Morgan fingerprint density at radius 3 is 2.32 bits per heavy atom. The Hall–Kier alpha value is -0.344. The largest absolute Gasteiger partial charge is 1.00 e. The van der Waals surface area contributed by atoms with Crippen LogP contribution in [0.5, 0.6) is 5.75 Å². The van der Waals surface area contributed by atoms with Crippen LogP contribution < -0.4 is 56.1 Å². The first kappa shape index (κ1) is 19.7. The maximum atomic E-state index is 12.9. The van der Waals surface area contributed by atoms with E-state index in [1.54, 1.807) is 12.1 Å². The van der Waals surface area contributed by atoms with Crippen LogP contribution in [0.25, 0.3) is 6.08 Å². The summed E-state index contributed by atoms with van der Waals surface area (Å²) in [4.78, 5) is 11.1. The summed E-state index contributed by atoms with van der Waals surface area (Å²) in [6.07, 6.45) is -6.18. The molecule has 0 radical (unpaired) electrons. The molecule has 0 saturated carbocycles. The van der Waals surface area contributed by atoms with E-state index in [-0.39, 0.29) is 64.0 Å². The molecular weight excluding hydrogens is 324 g/mol. The molecule has 0 aromatic heterocycles. The van der Waals surface area contributed by atoms with E-state index in [1.165, 1.54) is 6.07 Å². The van der Waals surface area contributed by atoms with Gasteiger partial charge in [0.25, 0.3) is 0 Å². The molecule has 7 heteroatoms. The van der Waals surface area contributed by atoms with Gasteiger partial charge in [-0.2, -0.15) is 13.2 Å². The van der Waals surface area contributed by atoms with E-state index in [9.17, 15) is 18.0 Å². The quantitative estimate of drug-likeness (QED) is 0.773. The molecule has 0 fully saturated rings. The molecule has 1 aliphatic heterocycles. The van der Waals surface area contributed by atoms with E-state index in [0.717, 1.165) is 11.6 Å². The molecule has 0 spiro atoms. The van der Waals surface area contributed by atoms with Gasteiger partial charge in [-0.1, -0.05) is 26.8 Å². The van der Waals surface area contributed by atoms with Crippen molar-refractivity contribution in [2.24, 2.45) is 0 Å². The van der Waals surface area contributed by atoms with Gasteiger partial charge >= 0.3 is 63.5 Å². The molecular formula is C15H16F3KO3. The summed E-state index contributed by atoms with van der Waals surface area (Å²) in [6.45, 7) is 5.87. The fourth-order valence-corrected chi connectivity index (χ4v) is 2.09. The van der Waals surface area contributed by atoms with Crippen molar-refractivity contribution in [2.45, 2.75) is 38.5 Å². The van der Waals surface area contributed by atoms with Gasteiger partial charge in [0.2, 0.25) is 6.10 Å². The van der Waals surface area contributed by atoms with E-state index < -0.39 is 23.8 Å². The summed E-state index contributed by atoms with van der Waals surface area (Å²) >= 11 is 0. The molecule has 2 rings (SSSR count). The number of aliphatic carboxylic acids is 1. The van der Waals surface area contributed by atoms with E-state index in [2.05, 4.69) is 0 Å². The van der Waals surface area contributed by atoms with Crippen molar-refractivity contribution in [3.8, 4) is 5.75 Å². The van der Waals surface area contributed by atoms with Gasteiger partial charge in [0.1, 0.15) is 5.75 Å². The van der Waals surface area contributed by atoms with Crippen molar-refractivity contribution < 1.29 is 80.6 Å². The predicted molar refractivity (Wildman–Crippen MR) is 72.3 cm³/mol. The van der Waals surface area contributed by atoms with E-state index in [1.807, 2.05) is 20.8 Å². The van der Waals surface area contributed by atoms with Crippen LogP contribution in [0.4, 0.5) is 13.2 Å². The number of carbonyl (C=O) groups is 1. The van der Waals surface area contributed by atoms with Gasteiger partial charge in [-0.05, 0) is 29.2 Å². The first-order chi connectivity index (χ1) is 9.50. The van der Waals surface area contributed by atoms with Crippen molar-refractivity contribution in [3.05, 3.63) is 34.9 Å². The zero-order valence-electron chi connectivity index (χ0n) is 13.8. The Morgan fingerprint density at radius 1 is 1.27 bits per heavy atom. The number of carboxylic acids is 1. The van der Waals surface area contributed by atoms with Gasteiger partial charge in [0.15, 0.2) is 0 Å². The molecule has 3 nitrogen and oxygen atoms in total. The molecule has 1 heterocycles. The molecule has 0 saturated heterocycles. The third-order valence-corrected chi connectivity index (χ3v) is 3.26. The number of benzene rings is 1. The van der Waals surface area contributed by atoms with E-state index in [0.29, 0.717) is 5.56 Å². The molecule has 1 aromatic rings. The van der Waals surface area contributed by atoms with Gasteiger partial charge in [-0.25, -0.2) is 4.79 Å². The fraction of sp³-hybridized carbons (Fsp3) is 0.400. The summed E-state index contributed by atoms with van der Waals surface area (Å²) in [6, 6.07) is 4.79. The first-order valence-electron chi connectivity index (χ1n) is 6.33. The standard InChI is InChI=1S/C15H15F3O3.K.H/c1-14(2,3)9-4-5-11-8(6-9)7-10(13(19)20)12(21-11)15(16,17)18;;/h4-7,12H,1-3H3,(H,19,20);;/q;+1;-1/t12-;;/m0../s1. The van der Waals surface area contributed by atoms with Gasteiger partial charge in [0.05, 0.1) is 5.57 Å². The van der Waals surface area contributed by atoms with Crippen LogP contribution in [0, 0.1) is 0 Å². The number of hydrogen-bond donors (Lipinski definition) is 1. The summed E-state index contributed by atoms with van der Waals surface area (Å²) in [7, 11) is 0. The minimum absolute atomic E-state index is 0. The van der Waals surface area contributed by atoms with Crippen LogP contribution in [-0.4, -0.2) is 23.4 Å². The number of fused-ring (bicyclic) bond motifs is 1. The van der Waals surface area contributed by atoms with Crippen molar-refractivity contribution >= 4 is 12.0 Å². The monoisotopic (exact) mass is 340 g/mol. The number of carboxylic acid groups (broad SMARTS) is 1. The maximum Gasteiger partial charge on any atom is 1.00 e. The first-order valence-corrected chi connectivity index (χ1v) is 6.33. The molecule has 0 amide bonds. The molecule has 0 bridgehead atoms. The Balaban J connectivity index is 0.00000242. The second-order valence-corrected chi connectivity index (χ2v) is 5.95. The number of alkyl halides is 3. The van der Waals surface area contributed by atoms with E-state index in [4.69, 9.17) is 9.84 Å². The molecule has 0 unspecified atom stereocenters. The molecule has 1 atom stereocenters. The van der Waals surface area contributed by atoms with Crippen LogP contribution in [0.15, 0.2) is 23.8 Å². The van der Waals surface area contributed by atoms with Crippen molar-refractivity contribution in [1.29, 1.82) is 0 Å². The Kier molecular flexibility index (Phi) is 5.95. The van der Waals surface area contributed by atoms with Crippen molar-refractivity contribution in [2.75, 3.05) is 0 Å². The second kappa shape index (κ2) is 6.64. The third-order valence-electron chi connectivity index (χ3n) is 3.26. The van der Waals surface area contributed by atoms with Gasteiger partial charge in [-0.3, -0.25) is 0 Å². The summed E-state index contributed by atoms with van der Waals surface area (Å²) in [5, 5.41) is 8.98. The number of rotatable bonds is 1. The maximum absolute atomic E-state index is 12.9. The summed E-state index contributed by atoms with van der Waals surface area (Å²) in [5.74, 6) is -1.60. The molecule has 1 aliphatic rings. The summed E-state index contributed by atoms with van der Waals surface area (Å²) < 4.78 is 43.5. The van der Waals surface area contributed by atoms with Crippen LogP contribution in [-0.2, 0) is 10.2 Å². The fourth-order valence-electron chi connectivity index (χ4n) is 2.09. The minimum atomic E-state index is -4.77. The smallest absolute Gasteiger partial charge is 1.00 e. The third kappa shape index (κ3) is 4.14. The number of hydrogen-bond acceptors (Lipinski definition) is 2. The van der Waals surface area contributed by atoms with Crippen LogP contribution >= 0.6 is 0 Å².